The number of carbonyl (C=O) groups is 2. The molecule has 2 N–H and O–H groups in total. The highest BCUT2D eigenvalue weighted by atomic mass is 16.4. The van der Waals surface area contributed by atoms with Gasteiger partial charge in [-0.05, 0) is 56.3 Å². The molecule has 0 atom stereocenters. The quantitative estimate of drug-likeness (QED) is 0.802. The van der Waals surface area contributed by atoms with Crippen molar-refractivity contribution in [1.82, 2.24) is 5.32 Å². The van der Waals surface area contributed by atoms with Crippen LogP contribution in [-0.4, -0.2) is 22.5 Å². The second-order valence-corrected chi connectivity index (χ2v) is 6.64. The fourth-order valence-corrected chi connectivity index (χ4v) is 4.84. The Bertz CT molecular complexity index is 342. The maximum Gasteiger partial charge on any atom is 0.303 e. The SMILES string of the molecule is O=C(O)CCC(=O)NC12CC3CC(CC(C3)C1)C2. The Hall–Kier alpha value is -1.06. The summed E-state index contributed by atoms with van der Waals surface area (Å²) in [5.41, 5.74) is 0.0182. The molecule has 0 radical (unpaired) electrons. The molecule has 4 nitrogen and oxygen atoms in total. The van der Waals surface area contributed by atoms with Gasteiger partial charge >= 0.3 is 5.97 Å². The van der Waals surface area contributed by atoms with Gasteiger partial charge in [0.15, 0.2) is 0 Å². The van der Waals surface area contributed by atoms with Crippen LogP contribution in [0.5, 0.6) is 0 Å². The predicted octanol–water partition coefficient (Wildman–Crippen LogP) is 1.94. The number of carboxylic acid groups (broad SMARTS) is 1. The Morgan fingerprint density at radius 2 is 1.50 bits per heavy atom. The maximum atomic E-state index is 11.9. The molecule has 4 bridgehead atoms. The van der Waals surface area contributed by atoms with Crippen molar-refractivity contribution in [3.05, 3.63) is 0 Å². The van der Waals surface area contributed by atoms with Crippen LogP contribution in [0.3, 0.4) is 0 Å². The minimum absolute atomic E-state index is 0.0182. The summed E-state index contributed by atoms with van der Waals surface area (Å²) in [7, 11) is 0. The molecule has 0 aromatic carbocycles. The highest BCUT2D eigenvalue weighted by molar-refractivity contribution is 5.81. The summed E-state index contributed by atoms with van der Waals surface area (Å²) >= 11 is 0. The molecule has 0 saturated heterocycles. The van der Waals surface area contributed by atoms with Crippen molar-refractivity contribution in [3.8, 4) is 0 Å². The average Bonchev–Trinajstić information content (AvgIpc) is 2.23. The van der Waals surface area contributed by atoms with Gasteiger partial charge in [0, 0.05) is 12.0 Å². The molecule has 1 amide bonds. The third-order valence-electron chi connectivity index (χ3n) is 5.01. The molecule has 0 aromatic heterocycles. The lowest BCUT2D eigenvalue weighted by molar-refractivity contribution is -0.139. The van der Waals surface area contributed by atoms with E-state index in [9.17, 15) is 9.59 Å². The van der Waals surface area contributed by atoms with Gasteiger partial charge in [0.25, 0.3) is 0 Å². The summed E-state index contributed by atoms with van der Waals surface area (Å²) in [6.07, 6.45) is 7.49. The summed E-state index contributed by atoms with van der Waals surface area (Å²) < 4.78 is 0. The number of amides is 1. The van der Waals surface area contributed by atoms with Crippen molar-refractivity contribution in [1.29, 1.82) is 0 Å². The molecule has 0 spiro atoms. The summed E-state index contributed by atoms with van der Waals surface area (Å²) in [4.78, 5) is 22.3. The molecule has 0 aromatic rings. The summed E-state index contributed by atoms with van der Waals surface area (Å²) in [5, 5.41) is 11.8. The van der Waals surface area contributed by atoms with E-state index in [1.54, 1.807) is 0 Å². The fourth-order valence-electron chi connectivity index (χ4n) is 4.84. The van der Waals surface area contributed by atoms with Crippen LogP contribution in [0.1, 0.15) is 51.4 Å². The van der Waals surface area contributed by atoms with E-state index in [1.807, 2.05) is 0 Å². The van der Waals surface area contributed by atoms with Gasteiger partial charge in [-0.15, -0.1) is 0 Å². The zero-order valence-electron chi connectivity index (χ0n) is 10.7. The van der Waals surface area contributed by atoms with Crippen molar-refractivity contribution < 1.29 is 14.7 Å². The summed E-state index contributed by atoms with van der Waals surface area (Å²) in [6, 6.07) is 0. The van der Waals surface area contributed by atoms with Gasteiger partial charge in [0.2, 0.25) is 5.91 Å². The monoisotopic (exact) mass is 251 g/mol. The van der Waals surface area contributed by atoms with Gasteiger partial charge in [-0.3, -0.25) is 9.59 Å². The lowest BCUT2D eigenvalue weighted by atomic mass is 9.53. The summed E-state index contributed by atoms with van der Waals surface area (Å²) in [6.45, 7) is 0. The van der Waals surface area contributed by atoms with Crippen LogP contribution >= 0.6 is 0 Å². The normalized spacial score (nSPS) is 40.8. The van der Waals surface area contributed by atoms with Gasteiger partial charge in [0.1, 0.15) is 0 Å². The number of carboxylic acids is 1. The van der Waals surface area contributed by atoms with Crippen LogP contribution in [0.4, 0.5) is 0 Å². The van der Waals surface area contributed by atoms with E-state index in [-0.39, 0.29) is 24.3 Å². The van der Waals surface area contributed by atoms with E-state index in [0.717, 1.165) is 37.0 Å². The molecular formula is C14H21NO3. The second-order valence-electron chi connectivity index (χ2n) is 6.64. The molecule has 4 heteroatoms. The second kappa shape index (κ2) is 4.25. The molecule has 18 heavy (non-hydrogen) atoms. The van der Waals surface area contributed by atoms with Crippen LogP contribution in [0, 0.1) is 17.8 Å². The molecule has 0 aliphatic heterocycles. The van der Waals surface area contributed by atoms with Crippen molar-refractivity contribution in [2.75, 3.05) is 0 Å². The van der Waals surface area contributed by atoms with E-state index < -0.39 is 5.97 Å². The number of rotatable bonds is 4. The first-order valence-electron chi connectivity index (χ1n) is 7.07. The van der Waals surface area contributed by atoms with Crippen LogP contribution < -0.4 is 5.32 Å². The van der Waals surface area contributed by atoms with Crippen molar-refractivity contribution >= 4 is 11.9 Å². The molecular weight excluding hydrogens is 230 g/mol. The Labute approximate surface area is 107 Å². The fraction of sp³-hybridized carbons (Fsp3) is 0.857. The molecule has 4 rings (SSSR count). The Morgan fingerprint density at radius 3 is 1.94 bits per heavy atom. The van der Waals surface area contributed by atoms with Crippen molar-refractivity contribution in [2.24, 2.45) is 17.8 Å². The van der Waals surface area contributed by atoms with E-state index in [0.29, 0.717) is 0 Å². The van der Waals surface area contributed by atoms with E-state index in [2.05, 4.69) is 5.32 Å². The van der Waals surface area contributed by atoms with Crippen LogP contribution in [0.25, 0.3) is 0 Å². The maximum absolute atomic E-state index is 11.9. The molecule has 4 saturated carbocycles. The van der Waals surface area contributed by atoms with Crippen LogP contribution in [-0.2, 0) is 9.59 Å². The lowest BCUT2D eigenvalue weighted by Gasteiger charge is -2.56. The first kappa shape index (κ1) is 12.0. The van der Waals surface area contributed by atoms with E-state index >= 15 is 0 Å². The van der Waals surface area contributed by atoms with Gasteiger partial charge < -0.3 is 10.4 Å². The predicted molar refractivity (Wildman–Crippen MR) is 65.9 cm³/mol. The van der Waals surface area contributed by atoms with Gasteiger partial charge in [-0.1, -0.05) is 0 Å². The number of carbonyl (C=O) groups excluding carboxylic acids is 1. The van der Waals surface area contributed by atoms with Crippen LogP contribution in [0.2, 0.25) is 0 Å². The molecule has 0 heterocycles. The number of hydrogen-bond acceptors (Lipinski definition) is 2. The zero-order valence-corrected chi connectivity index (χ0v) is 10.7. The Balaban J connectivity index is 1.61. The first-order valence-corrected chi connectivity index (χ1v) is 7.07. The van der Waals surface area contributed by atoms with Crippen LogP contribution in [0.15, 0.2) is 0 Å². The van der Waals surface area contributed by atoms with E-state index in [4.69, 9.17) is 5.11 Å². The molecule has 4 fully saturated rings. The van der Waals surface area contributed by atoms with E-state index in [1.165, 1.54) is 19.3 Å². The largest absolute Gasteiger partial charge is 0.481 e. The number of aliphatic carboxylic acids is 1. The minimum Gasteiger partial charge on any atom is -0.481 e. The summed E-state index contributed by atoms with van der Waals surface area (Å²) in [5.74, 6) is 1.44. The van der Waals surface area contributed by atoms with Gasteiger partial charge in [-0.25, -0.2) is 0 Å². The van der Waals surface area contributed by atoms with Crippen molar-refractivity contribution in [3.63, 3.8) is 0 Å². The number of hydrogen-bond donors (Lipinski definition) is 2. The van der Waals surface area contributed by atoms with Crippen molar-refractivity contribution in [2.45, 2.75) is 56.9 Å². The average molecular weight is 251 g/mol. The topological polar surface area (TPSA) is 66.4 Å². The van der Waals surface area contributed by atoms with Gasteiger partial charge in [0.05, 0.1) is 6.42 Å². The molecule has 0 unspecified atom stereocenters. The lowest BCUT2D eigenvalue weighted by Crippen LogP contribution is -2.59. The minimum atomic E-state index is -0.893. The highest BCUT2D eigenvalue weighted by Gasteiger charge is 2.51. The Morgan fingerprint density at radius 1 is 1.00 bits per heavy atom. The smallest absolute Gasteiger partial charge is 0.303 e. The first-order chi connectivity index (χ1) is 8.55. The standard InChI is InChI=1S/C14H21NO3/c16-12(1-2-13(17)18)15-14-6-9-3-10(7-14)5-11(4-9)8-14/h9-11H,1-8H2,(H,15,16)(H,17,18). The third kappa shape index (κ3) is 2.25. The Kier molecular flexibility index (Phi) is 2.83. The third-order valence-corrected chi connectivity index (χ3v) is 5.01. The molecule has 4 aliphatic carbocycles. The highest BCUT2D eigenvalue weighted by Crippen LogP contribution is 2.55. The number of nitrogens with one attached hydrogen (secondary N) is 1. The van der Waals surface area contributed by atoms with Gasteiger partial charge in [-0.2, -0.15) is 0 Å². The zero-order chi connectivity index (χ0) is 12.8. The molecule has 100 valence electrons. The molecule has 4 aliphatic rings.